The Kier molecular flexibility index (Phi) is 5.28. The molecule has 0 aromatic heterocycles. The Morgan fingerprint density at radius 2 is 1.59 bits per heavy atom. The maximum atomic E-state index is 9.39. The molecule has 1 saturated carbocycles. The summed E-state index contributed by atoms with van der Waals surface area (Å²) in [6.07, 6.45) is 5.25. The SMILES string of the molecule is CCC1(CO)CCC2(CC1)OCCO2.O=C=O. The Hall–Kier alpha value is -0.740. The molecule has 2 fully saturated rings. The van der Waals surface area contributed by atoms with Crippen molar-refractivity contribution in [1.29, 1.82) is 0 Å². The van der Waals surface area contributed by atoms with E-state index in [2.05, 4.69) is 6.92 Å². The molecule has 5 nitrogen and oxygen atoms in total. The van der Waals surface area contributed by atoms with E-state index in [0.717, 1.165) is 45.3 Å². The molecule has 0 bridgehead atoms. The van der Waals surface area contributed by atoms with Gasteiger partial charge in [-0.25, -0.2) is 0 Å². The summed E-state index contributed by atoms with van der Waals surface area (Å²) >= 11 is 0. The van der Waals surface area contributed by atoms with Gasteiger partial charge in [0.1, 0.15) is 0 Å². The van der Waals surface area contributed by atoms with Crippen LogP contribution in [0.5, 0.6) is 0 Å². The van der Waals surface area contributed by atoms with Crippen molar-refractivity contribution in [1.82, 2.24) is 0 Å². The Bertz CT molecular complexity index is 242. The van der Waals surface area contributed by atoms with Crippen LogP contribution >= 0.6 is 0 Å². The largest absolute Gasteiger partial charge is 0.396 e. The van der Waals surface area contributed by atoms with Crippen molar-refractivity contribution < 1.29 is 24.2 Å². The maximum Gasteiger partial charge on any atom is 0.373 e. The standard InChI is InChI=1S/C11H20O3.CO2/c1-2-10(9-12)3-5-11(6-4-10)13-7-8-14-11;2-1-3/h12H,2-9H2,1H3;. The topological polar surface area (TPSA) is 72.8 Å². The first kappa shape index (κ1) is 14.3. The van der Waals surface area contributed by atoms with Gasteiger partial charge in [-0.05, 0) is 24.7 Å². The Morgan fingerprint density at radius 3 is 1.94 bits per heavy atom. The van der Waals surface area contributed by atoms with Gasteiger partial charge in [-0.2, -0.15) is 9.59 Å². The molecule has 0 aromatic carbocycles. The number of carbonyl (C=O) groups excluding carboxylic acids is 2. The molecule has 0 amide bonds. The van der Waals surface area contributed by atoms with E-state index in [1.807, 2.05) is 0 Å². The Balaban J connectivity index is 0.000000437. The first-order valence-electron chi connectivity index (χ1n) is 6.04. The van der Waals surface area contributed by atoms with E-state index in [1.54, 1.807) is 0 Å². The number of aliphatic hydroxyl groups excluding tert-OH is 1. The average molecular weight is 244 g/mol. The minimum atomic E-state index is -0.284. The monoisotopic (exact) mass is 244 g/mol. The molecule has 17 heavy (non-hydrogen) atoms. The number of rotatable bonds is 2. The summed E-state index contributed by atoms with van der Waals surface area (Å²) in [4.78, 5) is 16.2. The summed E-state index contributed by atoms with van der Waals surface area (Å²) in [5, 5.41) is 9.39. The lowest BCUT2D eigenvalue weighted by atomic mass is 9.71. The fourth-order valence-corrected chi connectivity index (χ4v) is 2.57. The van der Waals surface area contributed by atoms with Gasteiger partial charge < -0.3 is 14.6 Å². The van der Waals surface area contributed by atoms with Gasteiger partial charge in [0.2, 0.25) is 0 Å². The average Bonchev–Trinajstić information content (AvgIpc) is 2.81. The van der Waals surface area contributed by atoms with Crippen LogP contribution in [0.2, 0.25) is 0 Å². The zero-order chi connectivity index (χ0) is 12.8. The van der Waals surface area contributed by atoms with Crippen molar-refractivity contribution in [2.24, 2.45) is 5.41 Å². The van der Waals surface area contributed by atoms with E-state index in [4.69, 9.17) is 19.1 Å². The van der Waals surface area contributed by atoms with Gasteiger partial charge in [0.25, 0.3) is 0 Å². The lowest BCUT2D eigenvalue weighted by Crippen LogP contribution is -2.41. The molecule has 5 heteroatoms. The molecule has 2 rings (SSSR count). The smallest absolute Gasteiger partial charge is 0.373 e. The van der Waals surface area contributed by atoms with E-state index in [0.29, 0.717) is 6.61 Å². The van der Waals surface area contributed by atoms with Crippen LogP contribution in [-0.4, -0.2) is 36.9 Å². The second kappa shape index (κ2) is 6.26. The molecule has 0 unspecified atom stereocenters. The maximum absolute atomic E-state index is 9.39. The summed E-state index contributed by atoms with van der Waals surface area (Å²) in [5.74, 6) is -0.284. The molecule has 0 aromatic rings. The minimum absolute atomic E-state index is 0.139. The highest BCUT2D eigenvalue weighted by Gasteiger charge is 2.45. The van der Waals surface area contributed by atoms with E-state index >= 15 is 0 Å². The lowest BCUT2D eigenvalue weighted by Gasteiger charge is -2.42. The summed E-state index contributed by atoms with van der Waals surface area (Å²) in [6, 6.07) is 0. The third-order valence-corrected chi connectivity index (χ3v) is 3.97. The first-order valence-corrected chi connectivity index (χ1v) is 6.04. The number of hydrogen-bond donors (Lipinski definition) is 1. The molecule has 1 N–H and O–H groups in total. The van der Waals surface area contributed by atoms with Gasteiger partial charge in [-0.1, -0.05) is 6.92 Å². The number of hydrogen-bond acceptors (Lipinski definition) is 5. The number of ether oxygens (including phenoxy) is 2. The predicted octanol–water partition coefficient (Wildman–Crippen LogP) is 1.11. The van der Waals surface area contributed by atoms with Gasteiger partial charge >= 0.3 is 6.15 Å². The van der Waals surface area contributed by atoms with Crippen LogP contribution < -0.4 is 0 Å². The van der Waals surface area contributed by atoms with Crippen molar-refractivity contribution in [2.75, 3.05) is 19.8 Å². The fraction of sp³-hybridized carbons (Fsp3) is 0.917. The summed E-state index contributed by atoms with van der Waals surface area (Å²) < 4.78 is 11.3. The van der Waals surface area contributed by atoms with Gasteiger partial charge in [0, 0.05) is 19.4 Å². The fourth-order valence-electron chi connectivity index (χ4n) is 2.57. The molecule has 1 saturated heterocycles. The zero-order valence-corrected chi connectivity index (χ0v) is 10.2. The van der Waals surface area contributed by atoms with Crippen LogP contribution in [0.15, 0.2) is 0 Å². The summed E-state index contributed by atoms with van der Waals surface area (Å²) in [5.41, 5.74) is 0.139. The van der Waals surface area contributed by atoms with Crippen LogP contribution in [0.4, 0.5) is 0 Å². The summed E-state index contributed by atoms with van der Waals surface area (Å²) in [6.45, 7) is 3.93. The highest BCUT2D eigenvalue weighted by molar-refractivity contribution is 5.20. The second-order valence-corrected chi connectivity index (χ2v) is 4.70. The van der Waals surface area contributed by atoms with E-state index in [-0.39, 0.29) is 17.4 Å². The Morgan fingerprint density at radius 1 is 1.12 bits per heavy atom. The van der Waals surface area contributed by atoms with Crippen LogP contribution in [0, 0.1) is 5.41 Å². The van der Waals surface area contributed by atoms with Crippen molar-refractivity contribution in [2.45, 2.75) is 44.8 Å². The van der Waals surface area contributed by atoms with Crippen LogP contribution in [0.1, 0.15) is 39.0 Å². The van der Waals surface area contributed by atoms with E-state index in [9.17, 15) is 5.11 Å². The third-order valence-electron chi connectivity index (χ3n) is 3.97. The second-order valence-electron chi connectivity index (χ2n) is 4.70. The van der Waals surface area contributed by atoms with E-state index in [1.165, 1.54) is 0 Å². The predicted molar refractivity (Wildman–Crippen MR) is 57.9 cm³/mol. The van der Waals surface area contributed by atoms with Crippen molar-refractivity contribution in [3.63, 3.8) is 0 Å². The highest BCUT2D eigenvalue weighted by atomic mass is 16.7. The molecule has 0 radical (unpaired) electrons. The molecule has 1 spiro atoms. The Labute approximate surface area is 101 Å². The van der Waals surface area contributed by atoms with Gasteiger partial charge in [-0.3, -0.25) is 0 Å². The molecule has 1 aliphatic heterocycles. The van der Waals surface area contributed by atoms with Crippen LogP contribution in [0.3, 0.4) is 0 Å². The molecule has 2 aliphatic rings. The highest BCUT2D eigenvalue weighted by Crippen LogP contribution is 2.46. The molecular formula is C12H20O5. The van der Waals surface area contributed by atoms with Crippen molar-refractivity contribution in [3.8, 4) is 0 Å². The molecular weight excluding hydrogens is 224 g/mol. The van der Waals surface area contributed by atoms with Crippen molar-refractivity contribution in [3.05, 3.63) is 0 Å². The third kappa shape index (κ3) is 3.36. The first-order chi connectivity index (χ1) is 8.16. The number of aliphatic hydroxyl groups is 1. The summed E-state index contributed by atoms with van der Waals surface area (Å²) in [7, 11) is 0. The van der Waals surface area contributed by atoms with Crippen LogP contribution in [0.25, 0.3) is 0 Å². The normalized spacial score (nSPS) is 24.8. The van der Waals surface area contributed by atoms with Gasteiger partial charge in [0.05, 0.1) is 13.2 Å². The molecule has 0 atom stereocenters. The van der Waals surface area contributed by atoms with E-state index < -0.39 is 0 Å². The molecule has 1 aliphatic carbocycles. The van der Waals surface area contributed by atoms with Crippen molar-refractivity contribution >= 4 is 6.15 Å². The van der Waals surface area contributed by atoms with Gasteiger partial charge in [-0.15, -0.1) is 0 Å². The molecule has 1 heterocycles. The van der Waals surface area contributed by atoms with Crippen LogP contribution in [-0.2, 0) is 19.1 Å². The molecule has 98 valence electrons. The minimum Gasteiger partial charge on any atom is -0.396 e. The van der Waals surface area contributed by atoms with Gasteiger partial charge in [0.15, 0.2) is 5.79 Å². The lowest BCUT2D eigenvalue weighted by molar-refractivity contribution is -0.195. The quantitative estimate of drug-likeness (QED) is 0.787. The zero-order valence-electron chi connectivity index (χ0n) is 10.2.